The van der Waals surface area contributed by atoms with Crippen molar-refractivity contribution >= 4 is 11.3 Å². The molecule has 0 saturated carbocycles. The molecule has 0 aliphatic heterocycles. The highest BCUT2D eigenvalue weighted by molar-refractivity contribution is 7.10. The normalized spacial score (nSPS) is 18.6. The number of hydrogen-bond donors (Lipinski definition) is 2. The summed E-state index contributed by atoms with van der Waals surface area (Å²) in [7, 11) is 0. The molecular formula is C18H20N4S. The molecule has 0 amide bonds. The van der Waals surface area contributed by atoms with Crippen LogP contribution in [0.4, 0.5) is 0 Å². The van der Waals surface area contributed by atoms with Crippen molar-refractivity contribution < 1.29 is 0 Å². The molecule has 5 heteroatoms. The van der Waals surface area contributed by atoms with Crippen LogP contribution in [-0.2, 0) is 6.42 Å². The molecule has 0 fully saturated rings. The summed E-state index contributed by atoms with van der Waals surface area (Å²) in [5.74, 6) is 1.67. The van der Waals surface area contributed by atoms with Gasteiger partial charge in [-0.15, -0.1) is 11.3 Å². The largest absolute Gasteiger partial charge is 0.297 e. The van der Waals surface area contributed by atoms with E-state index in [1.54, 1.807) is 0 Å². The Kier molecular flexibility index (Phi) is 3.97. The zero-order valence-electron chi connectivity index (χ0n) is 13.1. The molecular weight excluding hydrogens is 304 g/mol. The van der Waals surface area contributed by atoms with Gasteiger partial charge < -0.3 is 0 Å². The zero-order chi connectivity index (χ0) is 15.6. The van der Waals surface area contributed by atoms with Gasteiger partial charge in [0.2, 0.25) is 0 Å². The summed E-state index contributed by atoms with van der Waals surface area (Å²) in [5, 5.41) is 13.4. The van der Waals surface area contributed by atoms with Gasteiger partial charge in [0, 0.05) is 10.9 Å². The lowest BCUT2D eigenvalue weighted by molar-refractivity contribution is 0.423. The second-order valence-electron chi connectivity index (χ2n) is 6.03. The second-order valence-corrected chi connectivity index (χ2v) is 7.03. The number of nitrogens with zero attached hydrogens (tertiary/aromatic N) is 2. The summed E-state index contributed by atoms with van der Waals surface area (Å²) in [6.45, 7) is 1.94. The number of hydrogen-bond acceptors (Lipinski definition) is 4. The molecule has 4 rings (SSSR count). The first-order chi connectivity index (χ1) is 11.3. The maximum atomic E-state index is 4.57. The highest BCUT2D eigenvalue weighted by Gasteiger charge is 2.27. The molecule has 0 bridgehead atoms. The van der Waals surface area contributed by atoms with Crippen molar-refractivity contribution in [2.45, 2.75) is 38.3 Å². The summed E-state index contributed by atoms with van der Waals surface area (Å²) in [6, 6.07) is 13.1. The van der Waals surface area contributed by atoms with Crippen LogP contribution in [0.3, 0.4) is 0 Å². The molecule has 0 radical (unpaired) electrons. The molecule has 3 aromatic rings. The molecule has 0 saturated heterocycles. The first-order valence-electron chi connectivity index (χ1n) is 8.07. The van der Waals surface area contributed by atoms with E-state index in [9.17, 15) is 0 Å². The Morgan fingerprint density at radius 1 is 1.26 bits per heavy atom. The maximum Gasteiger partial charge on any atom is 0.172 e. The SMILES string of the molecule is Cc1nc([C@@H](N[C@H]2CCCc3sccc32)c2ccccc2)n[nH]1. The highest BCUT2D eigenvalue weighted by atomic mass is 32.1. The van der Waals surface area contributed by atoms with E-state index in [0.717, 1.165) is 18.1 Å². The van der Waals surface area contributed by atoms with Crippen molar-refractivity contribution in [3.63, 3.8) is 0 Å². The van der Waals surface area contributed by atoms with Gasteiger partial charge in [0.15, 0.2) is 5.82 Å². The Morgan fingerprint density at radius 3 is 2.91 bits per heavy atom. The standard InChI is InChI=1S/C18H20N4S/c1-12-19-18(22-21-12)17(13-6-3-2-4-7-13)20-15-8-5-9-16-14(15)10-11-23-16/h2-4,6-7,10-11,15,17,20H,5,8-9H2,1H3,(H,19,21,22)/t15-,17-/m0/s1. The first-order valence-corrected chi connectivity index (χ1v) is 8.95. The number of rotatable bonds is 4. The summed E-state index contributed by atoms with van der Waals surface area (Å²) >= 11 is 1.87. The third-order valence-corrected chi connectivity index (χ3v) is 5.42. The second kappa shape index (κ2) is 6.26. The topological polar surface area (TPSA) is 53.6 Å². The molecule has 1 aliphatic rings. The summed E-state index contributed by atoms with van der Waals surface area (Å²) in [5.41, 5.74) is 2.66. The first kappa shape index (κ1) is 14.6. The summed E-state index contributed by atoms with van der Waals surface area (Å²) < 4.78 is 0. The lowest BCUT2D eigenvalue weighted by atomic mass is 9.92. The van der Waals surface area contributed by atoms with Gasteiger partial charge in [0.25, 0.3) is 0 Å². The van der Waals surface area contributed by atoms with E-state index in [2.05, 4.69) is 56.2 Å². The van der Waals surface area contributed by atoms with Crippen LogP contribution in [0.15, 0.2) is 41.8 Å². The number of aryl methyl sites for hydroxylation is 2. The molecule has 2 aromatic heterocycles. The molecule has 0 spiro atoms. The monoisotopic (exact) mass is 324 g/mol. The maximum absolute atomic E-state index is 4.57. The fourth-order valence-corrected chi connectivity index (χ4v) is 4.30. The predicted octanol–water partition coefficient (Wildman–Crippen LogP) is 3.93. The van der Waals surface area contributed by atoms with Crippen molar-refractivity contribution in [3.05, 3.63) is 69.4 Å². The molecule has 1 aromatic carbocycles. The van der Waals surface area contributed by atoms with Crippen molar-refractivity contribution in [1.29, 1.82) is 0 Å². The van der Waals surface area contributed by atoms with Crippen molar-refractivity contribution in [3.8, 4) is 0 Å². The van der Waals surface area contributed by atoms with Crippen molar-refractivity contribution in [1.82, 2.24) is 20.5 Å². The molecule has 118 valence electrons. The molecule has 2 N–H and O–H groups in total. The van der Waals surface area contributed by atoms with E-state index < -0.39 is 0 Å². The van der Waals surface area contributed by atoms with Gasteiger partial charge in [0.05, 0.1) is 6.04 Å². The summed E-state index contributed by atoms with van der Waals surface area (Å²) in [4.78, 5) is 6.09. The van der Waals surface area contributed by atoms with Crippen molar-refractivity contribution in [2.75, 3.05) is 0 Å². The minimum absolute atomic E-state index is 0.0111. The van der Waals surface area contributed by atoms with Crippen LogP contribution in [0.25, 0.3) is 0 Å². The highest BCUT2D eigenvalue weighted by Crippen LogP contribution is 2.35. The Bertz CT molecular complexity index is 777. The molecule has 1 aliphatic carbocycles. The van der Waals surface area contributed by atoms with Gasteiger partial charge in [-0.25, -0.2) is 4.98 Å². The van der Waals surface area contributed by atoms with Crippen LogP contribution in [0, 0.1) is 6.92 Å². The van der Waals surface area contributed by atoms with Gasteiger partial charge >= 0.3 is 0 Å². The van der Waals surface area contributed by atoms with Gasteiger partial charge in [0.1, 0.15) is 5.82 Å². The minimum Gasteiger partial charge on any atom is -0.297 e. The van der Waals surface area contributed by atoms with Gasteiger partial charge in [-0.2, -0.15) is 5.10 Å². The quantitative estimate of drug-likeness (QED) is 0.764. The van der Waals surface area contributed by atoms with E-state index in [-0.39, 0.29) is 6.04 Å². The van der Waals surface area contributed by atoms with Crippen LogP contribution in [-0.4, -0.2) is 15.2 Å². The number of fused-ring (bicyclic) bond motifs is 1. The van der Waals surface area contributed by atoms with E-state index in [0.29, 0.717) is 6.04 Å². The molecule has 2 atom stereocenters. The molecule has 0 unspecified atom stereocenters. The van der Waals surface area contributed by atoms with Gasteiger partial charge in [-0.1, -0.05) is 30.3 Å². The fraction of sp³-hybridized carbons (Fsp3) is 0.333. The molecule has 2 heterocycles. The summed E-state index contributed by atoms with van der Waals surface area (Å²) in [6.07, 6.45) is 3.61. The van der Waals surface area contributed by atoms with Crippen LogP contribution in [0.5, 0.6) is 0 Å². The fourth-order valence-electron chi connectivity index (χ4n) is 3.32. The van der Waals surface area contributed by atoms with Crippen LogP contribution in [0.1, 0.15) is 52.6 Å². The third-order valence-electron chi connectivity index (χ3n) is 4.43. The van der Waals surface area contributed by atoms with Crippen LogP contribution >= 0.6 is 11.3 Å². The van der Waals surface area contributed by atoms with E-state index >= 15 is 0 Å². The van der Waals surface area contributed by atoms with Crippen LogP contribution in [0.2, 0.25) is 0 Å². The average molecular weight is 324 g/mol. The number of aromatic amines is 1. The predicted molar refractivity (Wildman–Crippen MR) is 92.5 cm³/mol. The third kappa shape index (κ3) is 2.94. The average Bonchev–Trinajstić information content (AvgIpc) is 3.22. The van der Waals surface area contributed by atoms with Gasteiger partial charge in [-0.3, -0.25) is 10.4 Å². The lowest BCUT2D eigenvalue weighted by Crippen LogP contribution is -2.30. The Balaban J connectivity index is 1.67. The Labute approximate surface area is 140 Å². The number of benzene rings is 1. The Hall–Kier alpha value is -1.98. The Morgan fingerprint density at radius 2 is 2.13 bits per heavy atom. The number of H-pyrrole nitrogens is 1. The van der Waals surface area contributed by atoms with Crippen molar-refractivity contribution in [2.24, 2.45) is 0 Å². The van der Waals surface area contributed by atoms with E-state index in [1.165, 1.54) is 28.8 Å². The van der Waals surface area contributed by atoms with Crippen LogP contribution < -0.4 is 5.32 Å². The molecule has 4 nitrogen and oxygen atoms in total. The number of nitrogens with one attached hydrogen (secondary N) is 2. The van der Waals surface area contributed by atoms with E-state index in [4.69, 9.17) is 0 Å². The minimum atomic E-state index is 0.0111. The zero-order valence-corrected chi connectivity index (χ0v) is 13.9. The molecule has 23 heavy (non-hydrogen) atoms. The lowest BCUT2D eigenvalue weighted by Gasteiger charge is -2.28. The number of aromatic nitrogens is 3. The smallest absolute Gasteiger partial charge is 0.172 e. The number of thiophene rings is 1. The van der Waals surface area contributed by atoms with E-state index in [1.807, 2.05) is 24.3 Å². The van der Waals surface area contributed by atoms with Gasteiger partial charge in [-0.05, 0) is 48.8 Å².